The molecular weight excluding hydrogens is 407 g/mol. The van der Waals surface area contributed by atoms with Gasteiger partial charge in [0.1, 0.15) is 0 Å². The Bertz CT molecular complexity index is 740. The zero-order chi connectivity index (χ0) is 21.9. The van der Waals surface area contributed by atoms with Crippen LogP contribution in [0.4, 0.5) is 45.2 Å². The highest BCUT2D eigenvalue weighted by molar-refractivity contribution is 5.95. The lowest BCUT2D eigenvalue weighted by atomic mass is 10.1. The molecule has 1 N–H and O–H groups in total. The van der Waals surface area contributed by atoms with E-state index in [0.717, 1.165) is 12.3 Å². The molecule has 0 saturated heterocycles. The van der Waals surface area contributed by atoms with Crippen LogP contribution in [0, 0.1) is 0 Å². The number of hydrogen-bond acceptors (Lipinski definition) is 3. The van der Waals surface area contributed by atoms with Crippen molar-refractivity contribution >= 4 is 11.5 Å². The smallest absolute Gasteiger partial charge is 0.383 e. The molecule has 0 aromatic heterocycles. The van der Waals surface area contributed by atoms with E-state index in [9.17, 15) is 44.3 Å². The van der Waals surface area contributed by atoms with Crippen LogP contribution in [0.3, 0.4) is 0 Å². The molecular formula is C16H13F9N2O. The third-order valence-electron chi connectivity index (χ3n) is 2.99. The predicted octanol–water partition coefficient (Wildman–Crippen LogP) is 5.23. The Morgan fingerprint density at radius 1 is 0.893 bits per heavy atom. The zero-order valence-corrected chi connectivity index (χ0v) is 14.2. The number of halogens is 9. The van der Waals surface area contributed by atoms with Crippen molar-refractivity contribution in [1.29, 1.82) is 0 Å². The number of ketones is 1. The molecule has 0 aliphatic carbocycles. The summed E-state index contributed by atoms with van der Waals surface area (Å²) in [4.78, 5) is 12.4. The van der Waals surface area contributed by atoms with Crippen molar-refractivity contribution in [3.63, 3.8) is 0 Å². The number of carbonyl (C=O) groups is 1. The van der Waals surface area contributed by atoms with Gasteiger partial charge in [-0.2, -0.15) is 39.5 Å². The van der Waals surface area contributed by atoms with Crippen LogP contribution >= 0.6 is 0 Å². The summed E-state index contributed by atoms with van der Waals surface area (Å²) in [6.07, 6.45) is -13.5. The molecule has 1 rings (SSSR count). The Labute approximate surface area is 153 Å². The van der Waals surface area contributed by atoms with E-state index in [1.165, 1.54) is 19.0 Å². The highest BCUT2D eigenvalue weighted by atomic mass is 19.4. The fourth-order valence-electron chi connectivity index (χ4n) is 1.77. The maximum Gasteiger partial charge on any atom is 0.454 e. The molecule has 12 heteroatoms. The Balaban J connectivity index is 3.45. The monoisotopic (exact) mass is 420 g/mol. The number of rotatable bonds is 5. The third kappa shape index (κ3) is 7.16. The van der Waals surface area contributed by atoms with E-state index in [-0.39, 0.29) is 24.3 Å². The molecule has 0 saturated carbocycles. The van der Waals surface area contributed by atoms with E-state index in [1.807, 2.05) is 5.32 Å². The van der Waals surface area contributed by atoms with E-state index < -0.39 is 46.8 Å². The molecule has 0 aliphatic heterocycles. The van der Waals surface area contributed by atoms with Gasteiger partial charge in [-0.1, -0.05) is 0 Å². The molecule has 0 aliphatic rings. The number of hydrogen-bond donors (Lipinski definition) is 1. The average Bonchev–Trinajstić information content (AvgIpc) is 2.49. The summed E-state index contributed by atoms with van der Waals surface area (Å²) in [5.74, 6) is -2.35. The molecule has 156 valence electrons. The molecule has 28 heavy (non-hydrogen) atoms. The van der Waals surface area contributed by atoms with E-state index in [1.54, 1.807) is 0 Å². The highest BCUT2D eigenvalue weighted by Crippen LogP contribution is 2.37. The van der Waals surface area contributed by atoms with Crippen LogP contribution in [-0.2, 0) is 17.1 Å². The van der Waals surface area contributed by atoms with Crippen molar-refractivity contribution in [2.45, 2.75) is 18.5 Å². The minimum absolute atomic E-state index is 0.0214. The Hall–Kier alpha value is -2.66. The maximum atomic E-state index is 12.9. The van der Waals surface area contributed by atoms with Crippen LogP contribution in [0.5, 0.6) is 0 Å². The topological polar surface area (TPSA) is 32.3 Å². The Kier molecular flexibility index (Phi) is 6.80. The SMILES string of the molecule is CN(C)C=CC(=CC(=O)C(F)(F)F)Nc1cc(C(F)(F)F)cc(C(F)(F)F)c1. The van der Waals surface area contributed by atoms with Gasteiger partial charge in [-0.15, -0.1) is 0 Å². The van der Waals surface area contributed by atoms with E-state index in [0.29, 0.717) is 0 Å². The van der Waals surface area contributed by atoms with E-state index in [4.69, 9.17) is 0 Å². The fraction of sp³-hybridized carbons (Fsp3) is 0.312. The van der Waals surface area contributed by atoms with Crippen molar-refractivity contribution in [2.75, 3.05) is 19.4 Å². The minimum Gasteiger partial charge on any atom is -0.383 e. The number of anilines is 1. The molecule has 0 heterocycles. The van der Waals surface area contributed by atoms with Crippen LogP contribution in [0.25, 0.3) is 0 Å². The first-order valence-electron chi connectivity index (χ1n) is 7.24. The van der Waals surface area contributed by atoms with Crippen LogP contribution in [0.1, 0.15) is 11.1 Å². The predicted molar refractivity (Wildman–Crippen MR) is 82.0 cm³/mol. The lowest BCUT2D eigenvalue weighted by molar-refractivity contribution is -0.165. The molecule has 1 aromatic carbocycles. The summed E-state index contributed by atoms with van der Waals surface area (Å²) >= 11 is 0. The molecule has 0 fully saturated rings. The molecule has 0 atom stereocenters. The first-order valence-corrected chi connectivity index (χ1v) is 7.24. The van der Waals surface area contributed by atoms with Gasteiger partial charge in [-0.25, -0.2) is 0 Å². The molecule has 1 aromatic rings. The van der Waals surface area contributed by atoms with Gasteiger partial charge in [-0.05, 0) is 24.3 Å². The number of carbonyl (C=O) groups excluding carboxylic acids is 1. The van der Waals surface area contributed by atoms with Gasteiger partial charge in [0.15, 0.2) is 0 Å². The van der Waals surface area contributed by atoms with Gasteiger partial charge in [0.25, 0.3) is 5.78 Å². The summed E-state index contributed by atoms with van der Waals surface area (Å²) in [6.45, 7) is 0. The van der Waals surface area contributed by atoms with Crippen LogP contribution in [0.2, 0.25) is 0 Å². The zero-order valence-electron chi connectivity index (χ0n) is 14.2. The lowest BCUT2D eigenvalue weighted by Gasteiger charge is -2.16. The first kappa shape index (κ1) is 23.4. The lowest BCUT2D eigenvalue weighted by Crippen LogP contribution is -2.21. The summed E-state index contributed by atoms with van der Waals surface area (Å²) in [6, 6.07) is 0.431. The number of nitrogens with zero attached hydrogens (tertiary/aromatic N) is 1. The van der Waals surface area contributed by atoms with Crippen molar-refractivity contribution in [2.24, 2.45) is 0 Å². The maximum absolute atomic E-state index is 12.9. The fourth-order valence-corrected chi connectivity index (χ4v) is 1.77. The van der Waals surface area contributed by atoms with Crippen LogP contribution in [0.15, 0.2) is 42.2 Å². The average molecular weight is 420 g/mol. The van der Waals surface area contributed by atoms with E-state index in [2.05, 4.69) is 0 Å². The van der Waals surface area contributed by atoms with E-state index >= 15 is 0 Å². The molecule has 3 nitrogen and oxygen atoms in total. The van der Waals surface area contributed by atoms with Crippen LogP contribution in [-0.4, -0.2) is 31.0 Å². The van der Waals surface area contributed by atoms with Gasteiger partial charge in [0.2, 0.25) is 0 Å². The quantitative estimate of drug-likeness (QED) is 0.403. The van der Waals surface area contributed by atoms with Crippen molar-refractivity contribution in [3.8, 4) is 0 Å². The van der Waals surface area contributed by atoms with Gasteiger partial charge in [0.05, 0.1) is 11.1 Å². The summed E-state index contributed by atoms with van der Waals surface area (Å²) in [5, 5.41) is 1.99. The molecule has 0 spiro atoms. The first-order chi connectivity index (χ1) is 12.5. The van der Waals surface area contributed by atoms with Crippen LogP contribution < -0.4 is 5.32 Å². The Morgan fingerprint density at radius 3 is 1.71 bits per heavy atom. The van der Waals surface area contributed by atoms with Gasteiger partial charge in [0, 0.05) is 37.8 Å². The molecule has 0 bridgehead atoms. The third-order valence-corrected chi connectivity index (χ3v) is 2.99. The second-order valence-electron chi connectivity index (χ2n) is 5.66. The molecule has 0 amide bonds. The highest BCUT2D eigenvalue weighted by Gasteiger charge is 2.38. The summed E-state index contributed by atoms with van der Waals surface area (Å²) in [7, 11) is 2.90. The number of benzene rings is 1. The number of nitrogens with one attached hydrogen (secondary N) is 1. The number of alkyl halides is 9. The minimum atomic E-state index is -5.27. The summed E-state index contributed by atoms with van der Waals surface area (Å²) in [5.41, 5.74) is -4.79. The second-order valence-corrected chi connectivity index (χ2v) is 5.66. The van der Waals surface area contributed by atoms with Gasteiger partial charge >= 0.3 is 18.5 Å². The molecule has 0 unspecified atom stereocenters. The van der Waals surface area contributed by atoms with Gasteiger partial charge in [-0.3, -0.25) is 4.79 Å². The van der Waals surface area contributed by atoms with Crippen molar-refractivity contribution < 1.29 is 44.3 Å². The van der Waals surface area contributed by atoms with Crippen molar-refractivity contribution in [3.05, 3.63) is 53.4 Å². The number of allylic oxidation sites excluding steroid dienone is 2. The van der Waals surface area contributed by atoms with Crippen molar-refractivity contribution in [1.82, 2.24) is 4.90 Å². The second kappa shape index (κ2) is 8.15. The van der Waals surface area contributed by atoms with Gasteiger partial charge < -0.3 is 10.2 Å². The largest absolute Gasteiger partial charge is 0.454 e. The standard InChI is InChI=1S/C16H13F9N2O/c1-27(2)4-3-11(8-13(28)16(23,24)25)26-12-6-9(14(17,18)19)5-10(7-12)15(20,21)22/h3-8,26H,1-2H3. The summed E-state index contributed by atoms with van der Waals surface area (Å²) < 4.78 is 114. The molecule has 0 radical (unpaired) electrons. The normalized spacial score (nSPS) is 13.8. The Morgan fingerprint density at radius 2 is 1.36 bits per heavy atom.